The molecule has 2 amide bonds. The minimum Gasteiger partial charge on any atom is -0.496 e. The topological polar surface area (TPSA) is 171 Å². The van der Waals surface area contributed by atoms with E-state index >= 15 is 0 Å². The lowest BCUT2D eigenvalue weighted by Crippen LogP contribution is -2.27. The second kappa shape index (κ2) is 10.8. The van der Waals surface area contributed by atoms with Gasteiger partial charge >= 0.3 is 0 Å². The van der Waals surface area contributed by atoms with Crippen molar-refractivity contribution in [1.29, 1.82) is 0 Å². The molecule has 11 nitrogen and oxygen atoms in total. The van der Waals surface area contributed by atoms with Crippen molar-refractivity contribution < 1.29 is 27.7 Å². The van der Waals surface area contributed by atoms with Gasteiger partial charge in [-0.05, 0) is 35.9 Å². The molecular weight excluding hydrogens is 476 g/mol. The van der Waals surface area contributed by atoms with Crippen LogP contribution >= 0.6 is 0 Å². The van der Waals surface area contributed by atoms with E-state index in [1.54, 1.807) is 30.3 Å². The molecule has 12 heteroatoms. The summed E-state index contributed by atoms with van der Waals surface area (Å²) in [5.41, 5.74) is 0.972. The number of primary sulfonamides is 1. The zero-order chi connectivity index (χ0) is 25.6. The maximum absolute atomic E-state index is 12.4. The predicted octanol–water partition coefficient (Wildman–Crippen LogP) is 2.68. The first-order chi connectivity index (χ1) is 16.6. The highest BCUT2D eigenvalue weighted by Gasteiger charge is 2.18. The molecule has 0 aliphatic heterocycles. The summed E-state index contributed by atoms with van der Waals surface area (Å²) < 4.78 is 28.6. The average molecular weight is 499 g/mol. The summed E-state index contributed by atoms with van der Waals surface area (Å²) in [7, 11) is -2.55. The van der Waals surface area contributed by atoms with Crippen LogP contribution in [0.1, 0.15) is 16.8 Å². The summed E-state index contributed by atoms with van der Waals surface area (Å²) in [5.74, 6) is -0.686. The predicted molar refractivity (Wildman–Crippen MR) is 128 cm³/mol. The number of nitrogens with one attached hydrogen (secondary N) is 2. The van der Waals surface area contributed by atoms with Crippen LogP contribution in [-0.4, -0.2) is 38.8 Å². The van der Waals surface area contributed by atoms with Gasteiger partial charge in [-0.1, -0.05) is 30.3 Å². The Hall–Kier alpha value is -4.29. The SMILES string of the molecule is COc1ccc(NC(=O)CCNC(=O)c2ccc(-c3ccccc3S(N)(=O)=O)cc2)c([N+](=O)[O-])c1. The van der Waals surface area contributed by atoms with Crippen molar-refractivity contribution in [2.45, 2.75) is 11.3 Å². The first-order valence-corrected chi connectivity index (χ1v) is 11.8. The van der Waals surface area contributed by atoms with Crippen molar-refractivity contribution in [1.82, 2.24) is 5.32 Å². The van der Waals surface area contributed by atoms with E-state index in [1.165, 1.54) is 43.5 Å². The number of hydrogen-bond donors (Lipinski definition) is 3. The Balaban J connectivity index is 1.59. The molecule has 0 radical (unpaired) electrons. The van der Waals surface area contributed by atoms with Crippen molar-refractivity contribution in [3.05, 3.63) is 82.4 Å². The molecule has 0 spiro atoms. The number of sulfonamides is 1. The third-order valence-electron chi connectivity index (χ3n) is 4.96. The van der Waals surface area contributed by atoms with Gasteiger partial charge in [-0.2, -0.15) is 0 Å². The standard InChI is InChI=1S/C23H22N4O7S/c1-34-17-10-11-19(20(14-17)27(30)31)26-22(28)12-13-25-23(29)16-8-6-15(7-9-16)18-4-2-3-5-21(18)35(24,32)33/h2-11,14H,12-13H2,1H3,(H,25,29)(H,26,28)(H2,24,32,33). The number of nitro benzene ring substituents is 1. The van der Waals surface area contributed by atoms with Crippen molar-refractivity contribution >= 4 is 33.2 Å². The highest BCUT2D eigenvalue weighted by molar-refractivity contribution is 7.89. The van der Waals surface area contributed by atoms with Crippen LogP contribution in [0.2, 0.25) is 0 Å². The molecule has 4 N–H and O–H groups in total. The highest BCUT2D eigenvalue weighted by Crippen LogP contribution is 2.29. The maximum Gasteiger partial charge on any atom is 0.296 e. The Labute approximate surface area is 201 Å². The number of anilines is 1. The van der Waals surface area contributed by atoms with Crippen LogP contribution in [0.25, 0.3) is 11.1 Å². The lowest BCUT2D eigenvalue weighted by molar-refractivity contribution is -0.384. The van der Waals surface area contributed by atoms with Crippen molar-refractivity contribution in [2.24, 2.45) is 5.14 Å². The molecule has 3 aromatic carbocycles. The quantitative estimate of drug-likeness (QED) is 0.301. The molecule has 0 saturated heterocycles. The van der Waals surface area contributed by atoms with Gasteiger partial charge in [0.15, 0.2) is 0 Å². The van der Waals surface area contributed by atoms with Gasteiger partial charge in [0, 0.05) is 24.1 Å². The number of nitro groups is 1. The van der Waals surface area contributed by atoms with Crippen molar-refractivity contribution in [2.75, 3.05) is 19.0 Å². The average Bonchev–Trinajstić information content (AvgIpc) is 2.83. The monoisotopic (exact) mass is 498 g/mol. The molecule has 3 aromatic rings. The Morgan fingerprint density at radius 2 is 1.74 bits per heavy atom. The van der Waals surface area contributed by atoms with E-state index in [9.17, 15) is 28.1 Å². The summed E-state index contributed by atoms with van der Waals surface area (Å²) in [6.45, 7) is -0.00930. The fourth-order valence-electron chi connectivity index (χ4n) is 3.25. The number of nitrogens with zero attached hydrogens (tertiary/aromatic N) is 1. The molecule has 182 valence electrons. The van der Waals surface area contributed by atoms with E-state index in [0.29, 0.717) is 16.7 Å². The van der Waals surface area contributed by atoms with Gasteiger partial charge in [-0.15, -0.1) is 0 Å². The number of ether oxygens (including phenoxy) is 1. The van der Waals surface area contributed by atoms with Crippen LogP contribution in [0.5, 0.6) is 5.75 Å². The third kappa shape index (κ3) is 6.40. The summed E-state index contributed by atoms with van der Waals surface area (Å²) in [6.07, 6.45) is -0.116. The van der Waals surface area contributed by atoms with Crippen molar-refractivity contribution in [3.63, 3.8) is 0 Å². The molecule has 0 saturated carbocycles. The molecule has 0 bridgehead atoms. The number of methoxy groups -OCH3 is 1. The van der Waals surface area contributed by atoms with Crippen LogP contribution < -0.4 is 20.5 Å². The van der Waals surface area contributed by atoms with Crippen LogP contribution in [-0.2, 0) is 14.8 Å². The normalized spacial score (nSPS) is 10.9. The Morgan fingerprint density at radius 1 is 1.06 bits per heavy atom. The van der Waals surface area contributed by atoms with Gasteiger partial charge in [0.25, 0.3) is 11.6 Å². The van der Waals surface area contributed by atoms with E-state index in [4.69, 9.17) is 9.88 Å². The molecule has 0 heterocycles. The molecule has 0 fully saturated rings. The molecule has 0 atom stereocenters. The number of nitrogens with two attached hydrogens (primary N) is 1. The molecule has 3 rings (SSSR count). The number of hydrogen-bond acceptors (Lipinski definition) is 7. The zero-order valence-electron chi connectivity index (χ0n) is 18.6. The fraction of sp³-hybridized carbons (Fsp3) is 0.130. The smallest absolute Gasteiger partial charge is 0.296 e. The van der Waals surface area contributed by atoms with Crippen LogP contribution in [0.15, 0.2) is 71.6 Å². The van der Waals surface area contributed by atoms with Gasteiger partial charge in [0.1, 0.15) is 11.4 Å². The first-order valence-electron chi connectivity index (χ1n) is 10.2. The number of rotatable bonds is 9. The second-order valence-electron chi connectivity index (χ2n) is 7.31. The Morgan fingerprint density at radius 3 is 2.37 bits per heavy atom. The van der Waals surface area contributed by atoms with Gasteiger partial charge < -0.3 is 15.4 Å². The van der Waals surface area contributed by atoms with E-state index in [2.05, 4.69) is 10.6 Å². The lowest BCUT2D eigenvalue weighted by Gasteiger charge is -2.10. The second-order valence-corrected chi connectivity index (χ2v) is 8.84. The van der Waals surface area contributed by atoms with Crippen LogP contribution in [0.4, 0.5) is 11.4 Å². The largest absolute Gasteiger partial charge is 0.496 e. The van der Waals surface area contributed by atoms with Gasteiger partial charge in [0.05, 0.1) is 23.0 Å². The Kier molecular flexibility index (Phi) is 7.79. The molecular formula is C23H22N4O7S. The van der Waals surface area contributed by atoms with Gasteiger partial charge in [-0.3, -0.25) is 19.7 Å². The van der Waals surface area contributed by atoms with Crippen molar-refractivity contribution in [3.8, 4) is 16.9 Å². The van der Waals surface area contributed by atoms with Crippen LogP contribution in [0.3, 0.4) is 0 Å². The first kappa shape index (κ1) is 25.3. The molecule has 0 aliphatic carbocycles. The molecule has 0 aromatic heterocycles. The summed E-state index contributed by atoms with van der Waals surface area (Å²) in [4.78, 5) is 35.2. The summed E-state index contributed by atoms with van der Waals surface area (Å²) in [6, 6.07) is 16.5. The molecule has 0 unspecified atom stereocenters. The number of benzene rings is 3. The van der Waals surface area contributed by atoms with E-state index in [-0.39, 0.29) is 35.0 Å². The van der Waals surface area contributed by atoms with E-state index in [1.807, 2.05) is 0 Å². The number of carbonyl (C=O) groups excluding carboxylic acids is 2. The Bertz CT molecular complexity index is 1370. The summed E-state index contributed by atoms with van der Waals surface area (Å²) >= 11 is 0. The third-order valence-corrected chi connectivity index (χ3v) is 5.93. The molecule has 35 heavy (non-hydrogen) atoms. The van der Waals surface area contributed by atoms with Gasteiger partial charge in [-0.25, -0.2) is 13.6 Å². The number of carbonyl (C=O) groups is 2. The van der Waals surface area contributed by atoms with E-state index < -0.39 is 26.8 Å². The van der Waals surface area contributed by atoms with E-state index in [0.717, 1.165) is 0 Å². The zero-order valence-corrected chi connectivity index (χ0v) is 19.4. The fourth-order valence-corrected chi connectivity index (χ4v) is 4.01. The lowest BCUT2D eigenvalue weighted by atomic mass is 10.0. The molecule has 0 aliphatic rings. The maximum atomic E-state index is 12.4. The number of amides is 2. The highest BCUT2D eigenvalue weighted by atomic mass is 32.2. The van der Waals surface area contributed by atoms with Gasteiger partial charge in [0.2, 0.25) is 15.9 Å². The minimum absolute atomic E-state index is 0.00930. The van der Waals surface area contributed by atoms with Crippen LogP contribution in [0, 0.1) is 10.1 Å². The summed E-state index contributed by atoms with van der Waals surface area (Å²) in [5, 5.41) is 21.5. The minimum atomic E-state index is -3.92.